The minimum atomic E-state index is 0.827. The van der Waals surface area contributed by atoms with Crippen LogP contribution in [0.25, 0.3) is 99.2 Å². The number of rotatable bonds is 4. The Labute approximate surface area is 277 Å². The van der Waals surface area contributed by atoms with Crippen molar-refractivity contribution in [2.45, 2.75) is 0 Å². The molecule has 2 heterocycles. The maximum absolute atomic E-state index is 7.19. The molecule has 0 radical (unpaired) electrons. The summed E-state index contributed by atoms with van der Waals surface area (Å²) in [5.74, 6) is 0.868. The third kappa shape index (κ3) is 4.00. The molecule has 8 aromatic carbocycles. The highest BCUT2D eigenvalue weighted by molar-refractivity contribution is 6.25. The average Bonchev–Trinajstić information content (AvgIpc) is 3.73. The lowest BCUT2D eigenvalue weighted by atomic mass is 9.86. The number of para-hydroxylation sites is 1. The molecule has 0 aliphatic rings. The van der Waals surface area contributed by atoms with Gasteiger partial charge < -0.3 is 8.83 Å². The zero-order valence-corrected chi connectivity index (χ0v) is 26.0. The van der Waals surface area contributed by atoms with E-state index in [9.17, 15) is 0 Å². The summed E-state index contributed by atoms with van der Waals surface area (Å²) in [7, 11) is 0. The van der Waals surface area contributed by atoms with Gasteiger partial charge in [0.1, 0.15) is 22.5 Å². The molecule has 0 saturated carbocycles. The molecule has 0 amide bonds. The van der Waals surface area contributed by atoms with Crippen LogP contribution < -0.4 is 0 Å². The first-order valence-electron chi connectivity index (χ1n) is 16.4. The Hall–Kier alpha value is -6.38. The Balaban J connectivity index is 1.31. The molecule has 10 aromatic rings. The van der Waals surface area contributed by atoms with Crippen LogP contribution in [0.2, 0.25) is 0 Å². The van der Waals surface area contributed by atoms with Gasteiger partial charge in [-0.15, -0.1) is 0 Å². The number of benzene rings is 8. The topological polar surface area (TPSA) is 26.3 Å². The van der Waals surface area contributed by atoms with E-state index in [0.29, 0.717) is 0 Å². The van der Waals surface area contributed by atoms with Crippen molar-refractivity contribution >= 4 is 54.5 Å². The molecular formula is C46H28O2. The van der Waals surface area contributed by atoms with Crippen LogP contribution in [0.15, 0.2) is 179 Å². The molecule has 0 bridgehead atoms. The summed E-state index contributed by atoms with van der Waals surface area (Å²) >= 11 is 0. The fourth-order valence-corrected chi connectivity index (χ4v) is 7.58. The number of furan rings is 2. The summed E-state index contributed by atoms with van der Waals surface area (Å²) in [4.78, 5) is 0. The van der Waals surface area contributed by atoms with Crippen LogP contribution in [-0.4, -0.2) is 0 Å². The van der Waals surface area contributed by atoms with Crippen molar-refractivity contribution in [1.29, 1.82) is 0 Å². The van der Waals surface area contributed by atoms with Gasteiger partial charge in [-0.3, -0.25) is 0 Å². The highest BCUT2D eigenvalue weighted by atomic mass is 16.3. The monoisotopic (exact) mass is 612 g/mol. The second-order valence-corrected chi connectivity index (χ2v) is 12.4. The summed E-state index contributed by atoms with van der Waals surface area (Å²) in [6.45, 7) is 0. The maximum Gasteiger partial charge on any atom is 0.147 e. The summed E-state index contributed by atoms with van der Waals surface area (Å²) in [6.07, 6.45) is 0. The molecular weight excluding hydrogens is 585 g/mol. The zero-order valence-electron chi connectivity index (χ0n) is 26.0. The second kappa shape index (κ2) is 10.6. The summed E-state index contributed by atoms with van der Waals surface area (Å²) in [6, 6.07) is 60.1. The quantitative estimate of drug-likeness (QED) is 0.185. The SMILES string of the molecule is c1ccc(-c2ccc(-c3c4ccccc4c(-c4oc5c(ccc6oc7ccccc7c65)c4-c4ccccc4)c4ccccc34)cc2)cc1. The molecule has 48 heavy (non-hydrogen) atoms. The lowest BCUT2D eigenvalue weighted by molar-refractivity contribution is 0.636. The van der Waals surface area contributed by atoms with E-state index < -0.39 is 0 Å². The van der Waals surface area contributed by atoms with Crippen LogP contribution in [0, 0.1) is 0 Å². The van der Waals surface area contributed by atoms with Crippen molar-refractivity contribution in [2.24, 2.45) is 0 Å². The number of fused-ring (bicyclic) bond motifs is 7. The molecule has 0 spiro atoms. The maximum atomic E-state index is 7.19. The number of hydrogen-bond acceptors (Lipinski definition) is 2. The first-order valence-corrected chi connectivity index (χ1v) is 16.4. The van der Waals surface area contributed by atoms with Gasteiger partial charge in [-0.25, -0.2) is 0 Å². The number of hydrogen-bond donors (Lipinski definition) is 0. The van der Waals surface area contributed by atoms with Gasteiger partial charge in [-0.2, -0.15) is 0 Å². The molecule has 0 fully saturated rings. The highest BCUT2D eigenvalue weighted by Gasteiger charge is 2.26. The Kier molecular flexibility index (Phi) is 5.91. The van der Waals surface area contributed by atoms with Crippen molar-refractivity contribution in [3.05, 3.63) is 170 Å². The molecule has 0 atom stereocenters. The van der Waals surface area contributed by atoms with Crippen LogP contribution in [0.3, 0.4) is 0 Å². The molecule has 0 aliphatic heterocycles. The molecule has 0 saturated heterocycles. The van der Waals surface area contributed by atoms with E-state index in [1.54, 1.807) is 0 Å². The van der Waals surface area contributed by atoms with E-state index in [1.807, 2.05) is 12.1 Å². The molecule has 2 aromatic heterocycles. The van der Waals surface area contributed by atoms with Crippen molar-refractivity contribution in [1.82, 2.24) is 0 Å². The van der Waals surface area contributed by atoms with E-state index >= 15 is 0 Å². The predicted molar refractivity (Wildman–Crippen MR) is 200 cm³/mol. The Morgan fingerprint density at radius 1 is 0.271 bits per heavy atom. The average molecular weight is 613 g/mol. The fourth-order valence-electron chi connectivity index (χ4n) is 7.58. The van der Waals surface area contributed by atoms with Crippen LogP contribution >= 0.6 is 0 Å². The van der Waals surface area contributed by atoms with Crippen molar-refractivity contribution in [2.75, 3.05) is 0 Å². The van der Waals surface area contributed by atoms with Crippen molar-refractivity contribution in [3.8, 4) is 44.7 Å². The van der Waals surface area contributed by atoms with Crippen LogP contribution in [0.1, 0.15) is 0 Å². The van der Waals surface area contributed by atoms with Gasteiger partial charge in [0.25, 0.3) is 0 Å². The molecule has 2 heteroatoms. The van der Waals surface area contributed by atoms with Gasteiger partial charge in [0.15, 0.2) is 0 Å². The smallest absolute Gasteiger partial charge is 0.147 e. The Morgan fingerprint density at radius 3 is 1.40 bits per heavy atom. The largest absolute Gasteiger partial charge is 0.456 e. The molecule has 10 rings (SSSR count). The van der Waals surface area contributed by atoms with E-state index in [4.69, 9.17) is 8.83 Å². The van der Waals surface area contributed by atoms with Gasteiger partial charge in [0.2, 0.25) is 0 Å². The van der Waals surface area contributed by atoms with Gasteiger partial charge in [-0.1, -0.05) is 152 Å². The molecule has 0 unspecified atom stereocenters. The lowest BCUT2D eigenvalue weighted by Crippen LogP contribution is -1.91. The second-order valence-electron chi connectivity index (χ2n) is 12.4. The summed E-state index contributed by atoms with van der Waals surface area (Å²) in [5.41, 5.74) is 10.7. The van der Waals surface area contributed by atoms with Crippen LogP contribution in [-0.2, 0) is 0 Å². The van der Waals surface area contributed by atoms with Crippen molar-refractivity contribution < 1.29 is 8.83 Å². The third-order valence-electron chi connectivity index (χ3n) is 9.70. The highest BCUT2D eigenvalue weighted by Crippen LogP contribution is 2.50. The minimum Gasteiger partial charge on any atom is -0.456 e. The zero-order chi connectivity index (χ0) is 31.6. The normalized spacial score (nSPS) is 11.8. The molecule has 224 valence electrons. The molecule has 2 nitrogen and oxygen atoms in total. The lowest BCUT2D eigenvalue weighted by Gasteiger charge is -2.17. The minimum absolute atomic E-state index is 0.827. The predicted octanol–water partition coefficient (Wildman–Crippen LogP) is 13.3. The Morgan fingerprint density at radius 2 is 0.750 bits per heavy atom. The molecule has 0 aliphatic carbocycles. The van der Waals surface area contributed by atoms with Crippen LogP contribution in [0.5, 0.6) is 0 Å². The van der Waals surface area contributed by atoms with E-state index in [0.717, 1.165) is 66.1 Å². The van der Waals surface area contributed by atoms with Gasteiger partial charge >= 0.3 is 0 Å². The van der Waals surface area contributed by atoms with Gasteiger partial charge in [0, 0.05) is 21.9 Å². The summed E-state index contributed by atoms with van der Waals surface area (Å²) < 4.78 is 13.5. The van der Waals surface area contributed by atoms with E-state index in [1.165, 1.54) is 33.0 Å². The first kappa shape index (κ1) is 26.8. The van der Waals surface area contributed by atoms with E-state index in [-0.39, 0.29) is 0 Å². The molecule has 0 N–H and O–H groups in total. The fraction of sp³-hybridized carbons (Fsp3) is 0. The van der Waals surface area contributed by atoms with Crippen LogP contribution in [0.4, 0.5) is 0 Å². The van der Waals surface area contributed by atoms with E-state index in [2.05, 4.69) is 158 Å². The van der Waals surface area contributed by atoms with Gasteiger partial charge in [0.05, 0.1) is 5.39 Å². The van der Waals surface area contributed by atoms with Gasteiger partial charge in [-0.05, 0) is 67.6 Å². The third-order valence-corrected chi connectivity index (χ3v) is 9.70. The standard InChI is InChI=1S/C46H28O2/c1-3-13-29(14-4-1)30-23-25-32(26-24-30)41-33-17-7-9-19-35(33)43(36-20-10-8-18-34(36)41)46-42(31-15-5-2-6-16-31)38-27-28-40-44(45(38)48-46)37-21-11-12-22-39(37)47-40/h1-28H. The first-order chi connectivity index (χ1) is 23.8. The van der Waals surface area contributed by atoms with Crippen molar-refractivity contribution in [3.63, 3.8) is 0 Å². The summed E-state index contributed by atoms with van der Waals surface area (Å²) in [5, 5.41) is 7.83. The Bertz CT molecular complexity index is 2750.